The molecule has 1 aliphatic rings. The summed E-state index contributed by atoms with van der Waals surface area (Å²) in [5.41, 5.74) is 2.21. The molecule has 5 nitrogen and oxygen atoms in total. The SMILES string of the molecule is COc1ccc(Br)cc1CN(C)C(=O)C[C@H]1OC(=O)c2ccccc21. The van der Waals surface area contributed by atoms with E-state index in [9.17, 15) is 9.59 Å². The first kappa shape index (κ1) is 17.5. The van der Waals surface area contributed by atoms with E-state index in [-0.39, 0.29) is 18.3 Å². The number of nitrogens with zero attached hydrogens (tertiary/aromatic N) is 1. The van der Waals surface area contributed by atoms with Crippen LogP contribution in [0.15, 0.2) is 46.9 Å². The van der Waals surface area contributed by atoms with Gasteiger partial charge in [-0.25, -0.2) is 4.79 Å². The highest BCUT2D eigenvalue weighted by molar-refractivity contribution is 9.10. The molecule has 0 bridgehead atoms. The number of cyclic esters (lactones) is 1. The minimum atomic E-state index is -0.525. The summed E-state index contributed by atoms with van der Waals surface area (Å²) in [4.78, 5) is 26.1. The second-order valence-electron chi connectivity index (χ2n) is 5.89. The smallest absolute Gasteiger partial charge is 0.339 e. The molecule has 2 aromatic rings. The number of carbonyl (C=O) groups excluding carboxylic acids is 2. The van der Waals surface area contributed by atoms with Crippen molar-refractivity contribution in [3.05, 3.63) is 63.6 Å². The van der Waals surface area contributed by atoms with E-state index in [4.69, 9.17) is 9.47 Å². The fourth-order valence-corrected chi connectivity index (χ4v) is 3.31. The number of ether oxygens (including phenoxy) is 2. The van der Waals surface area contributed by atoms with E-state index in [0.717, 1.165) is 21.3 Å². The van der Waals surface area contributed by atoms with Gasteiger partial charge in [-0.3, -0.25) is 4.79 Å². The summed E-state index contributed by atoms with van der Waals surface area (Å²) in [6.07, 6.45) is -0.404. The Labute approximate surface area is 154 Å². The fourth-order valence-electron chi connectivity index (χ4n) is 2.90. The largest absolute Gasteiger partial charge is 0.496 e. The molecule has 0 unspecified atom stereocenters. The van der Waals surface area contributed by atoms with E-state index < -0.39 is 6.10 Å². The molecular weight excluding hydrogens is 386 g/mol. The van der Waals surface area contributed by atoms with Gasteiger partial charge in [-0.1, -0.05) is 34.1 Å². The molecule has 0 radical (unpaired) electrons. The standard InChI is InChI=1S/C19H18BrNO4/c1-21(11-12-9-13(20)7-8-16(12)24-2)18(22)10-17-14-5-3-4-6-15(14)19(23)25-17/h3-9,17H,10-11H2,1-2H3/t17-/m1/s1. The van der Waals surface area contributed by atoms with E-state index in [0.29, 0.717) is 12.1 Å². The van der Waals surface area contributed by atoms with E-state index in [1.807, 2.05) is 30.3 Å². The Bertz CT molecular complexity index is 821. The average Bonchev–Trinajstić information content (AvgIpc) is 2.91. The third-order valence-electron chi connectivity index (χ3n) is 4.21. The Morgan fingerprint density at radius 3 is 2.80 bits per heavy atom. The van der Waals surface area contributed by atoms with Crippen LogP contribution in [-0.4, -0.2) is 30.9 Å². The Hall–Kier alpha value is -2.34. The molecule has 130 valence electrons. The summed E-state index contributed by atoms with van der Waals surface area (Å²) in [6, 6.07) is 12.8. The van der Waals surface area contributed by atoms with Crippen molar-refractivity contribution in [2.45, 2.75) is 19.1 Å². The molecule has 1 amide bonds. The first-order chi connectivity index (χ1) is 12.0. The van der Waals surface area contributed by atoms with Crippen LogP contribution in [0.1, 0.15) is 34.0 Å². The van der Waals surface area contributed by atoms with Crippen LogP contribution in [0.5, 0.6) is 5.75 Å². The number of benzene rings is 2. The van der Waals surface area contributed by atoms with Crippen molar-refractivity contribution in [2.75, 3.05) is 14.2 Å². The molecule has 0 saturated heterocycles. The highest BCUT2D eigenvalue weighted by atomic mass is 79.9. The minimum absolute atomic E-state index is 0.100. The van der Waals surface area contributed by atoms with Gasteiger partial charge in [-0.2, -0.15) is 0 Å². The molecule has 0 N–H and O–H groups in total. The number of amides is 1. The van der Waals surface area contributed by atoms with Gasteiger partial charge in [-0.15, -0.1) is 0 Å². The van der Waals surface area contributed by atoms with Crippen LogP contribution in [0.2, 0.25) is 0 Å². The molecule has 1 atom stereocenters. The third-order valence-corrected chi connectivity index (χ3v) is 4.71. The van der Waals surface area contributed by atoms with Gasteiger partial charge in [0.25, 0.3) is 0 Å². The maximum atomic E-state index is 12.6. The summed E-state index contributed by atoms with van der Waals surface area (Å²) in [7, 11) is 3.33. The minimum Gasteiger partial charge on any atom is -0.496 e. The van der Waals surface area contributed by atoms with Crippen molar-refractivity contribution in [3.8, 4) is 5.75 Å². The Balaban J connectivity index is 1.70. The summed E-state index contributed by atoms with van der Waals surface area (Å²) in [5.74, 6) is 0.252. The number of halogens is 1. The molecule has 6 heteroatoms. The van der Waals surface area contributed by atoms with E-state index in [1.54, 1.807) is 31.2 Å². The van der Waals surface area contributed by atoms with Crippen LogP contribution in [-0.2, 0) is 16.1 Å². The number of hydrogen-bond donors (Lipinski definition) is 0. The number of carbonyl (C=O) groups is 2. The molecule has 0 saturated carbocycles. The predicted molar refractivity (Wildman–Crippen MR) is 96.4 cm³/mol. The van der Waals surface area contributed by atoms with Crippen LogP contribution in [0.4, 0.5) is 0 Å². The predicted octanol–water partition coefficient (Wildman–Crippen LogP) is 3.72. The Morgan fingerprint density at radius 2 is 2.04 bits per heavy atom. The lowest BCUT2D eigenvalue weighted by molar-refractivity contribution is -0.132. The highest BCUT2D eigenvalue weighted by Gasteiger charge is 2.32. The lowest BCUT2D eigenvalue weighted by Crippen LogP contribution is -2.27. The van der Waals surface area contributed by atoms with E-state index >= 15 is 0 Å². The van der Waals surface area contributed by atoms with Crippen molar-refractivity contribution in [2.24, 2.45) is 0 Å². The first-order valence-corrected chi connectivity index (χ1v) is 8.65. The second kappa shape index (κ2) is 7.27. The van der Waals surface area contributed by atoms with E-state index in [1.165, 1.54) is 0 Å². The lowest BCUT2D eigenvalue weighted by atomic mass is 10.0. The van der Waals surface area contributed by atoms with Gasteiger partial charge < -0.3 is 14.4 Å². The molecule has 2 aromatic carbocycles. The molecule has 1 heterocycles. The molecule has 0 spiro atoms. The van der Waals surface area contributed by atoms with Crippen LogP contribution >= 0.6 is 15.9 Å². The van der Waals surface area contributed by atoms with Gasteiger partial charge in [-0.05, 0) is 24.3 Å². The van der Waals surface area contributed by atoms with Crippen molar-refractivity contribution in [1.82, 2.24) is 4.90 Å². The normalized spacial score (nSPS) is 15.5. The molecule has 25 heavy (non-hydrogen) atoms. The average molecular weight is 404 g/mol. The van der Waals surface area contributed by atoms with Crippen molar-refractivity contribution >= 4 is 27.8 Å². The van der Waals surface area contributed by atoms with Gasteiger partial charge in [0.05, 0.1) is 19.1 Å². The van der Waals surface area contributed by atoms with Gasteiger partial charge >= 0.3 is 5.97 Å². The summed E-state index contributed by atoms with van der Waals surface area (Å²) < 4.78 is 11.6. The molecule has 0 aromatic heterocycles. The number of esters is 1. The first-order valence-electron chi connectivity index (χ1n) is 7.86. The summed E-state index contributed by atoms with van der Waals surface area (Å²) >= 11 is 3.43. The van der Waals surface area contributed by atoms with Gasteiger partial charge in [0, 0.05) is 29.2 Å². The Kier molecular flexibility index (Phi) is 5.08. The number of fused-ring (bicyclic) bond motifs is 1. The third kappa shape index (κ3) is 3.69. The van der Waals surface area contributed by atoms with Gasteiger partial charge in [0.15, 0.2) is 0 Å². The number of rotatable bonds is 5. The van der Waals surface area contributed by atoms with E-state index in [2.05, 4.69) is 15.9 Å². The Morgan fingerprint density at radius 1 is 1.28 bits per heavy atom. The number of methoxy groups -OCH3 is 1. The van der Waals surface area contributed by atoms with Crippen LogP contribution < -0.4 is 4.74 Å². The van der Waals surface area contributed by atoms with Crippen molar-refractivity contribution in [3.63, 3.8) is 0 Å². The van der Waals surface area contributed by atoms with Crippen LogP contribution in [0.3, 0.4) is 0 Å². The fraction of sp³-hybridized carbons (Fsp3) is 0.263. The van der Waals surface area contributed by atoms with Crippen molar-refractivity contribution < 1.29 is 19.1 Å². The molecule has 0 fully saturated rings. The van der Waals surface area contributed by atoms with Gasteiger partial charge in [0.2, 0.25) is 5.91 Å². The summed E-state index contributed by atoms with van der Waals surface area (Å²) in [5, 5.41) is 0. The topological polar surface area (TPSA) is 55.8 Å². The van der Waals surface area contributed by atoms with Crippen LogP contribution in [0, 0.1) is 0 Å². The lowest BCUT2D eigenvalue weighted by Gasteiger charge is -2.21. The maximum Gasteiger partial charge on any atom is 0.339 e. The molecule has 1 aliphatic heterocycles. The second-order valence-corrected chi connectivity index (χ2v) is 6.81. The quantitative estimate of drug-likeness (QED) is 0.713. The maximum absolute atomic E-state index is 12.6. The number of hydrogen-bond acceptors (Lipinski definition) is 4. The monoisotopic (exact) mass is 403 g/mol. The highest BCUT2D eigenvalue weighted by Crippen LogP contribution is 2.33. The van der Waals surface area contributed by atoms with Gasteiger partial charge in [0.1, 0.15) is 11.9 Å². The molecule has 0 aliphatic carbocycles. The zero-order valence-corrected chi connectivity index (χ0v) is 15.6. The molecule has 3 rings (SSSR count). The van der Waals surface area contributed by atoms with Crippen molar-refractivity contribution in [1.29, 1.82) is 0 Å². The zero-order valence-electron chi connectivity index (χ0n) is 14.0. The van der Waals surface area contributed by atoms with Crippen LogP contribution in [0.25, 0.3) is 0 Å². The molecular formula is C19H18BrNO4. The summed E-state index contributed by atoms with van der Waals surface area (Å²) in [6.45, 7) is 0.407. The zero-order chi connectivity index (χ0) is 18.0.